The lowest BCUT2D eigenvalue weighted by Crippen LogP contribution is -2.21. The summed E-state index contributed by atoms with van der Waals surface area (Å²) in [5, 5.41) is 0.796. The zero-order valence-corrected chi connectivity index (χ0v) is 11.7. The first-order valence-corrected chi connectivity index (χ1v) is 7.27. The van der Waals surface area contributed by atoms with E-state index in [4.69, 9.17) is 11.6 Å². The summed E-state index contributed by atoms with van der Waals surface area (Å²) in [6.45, 7) is 0.685. The molecule has 18 heavy (non-hydrogen) atoms. The van der Waals surface area contributed by atoms with Crippen LogP contribution in [0.25, 0.3) is 0 Å². The van der Waals surface area contributed by atoms with Crippen molar-refractivity contribution in [1.82, 2.24) is 5.43 Å². The van der Waals surface area contributed by atoms with Crippen molar-refractivity contribution in [2.24, 2.45) is 0 Å². The number of thioether (sulfide) groups is 1. The van der Waals surface area contributed by atoms with E-state index in [-0.39, 0.29) is 0 Å². The van der Waals surface area contributed by atoms with Crippen LogP contribution in [0.1, 0.15) is 5.56 Å². The first-order chi connectivity index (χ1) is 8.81. The molecule has 0 saturated carbocycles. The van der Waals surface area contributed by atoms with Gasteiger partial charge >= 0.3 is 0 Å². The van der Waals surface area contributed by atoms with Crippen LogP contribution < -0.4 is 10.9 Å². The van der Waals surface area contributed by atoms with E-state index >= 15 is 0 Å². The minimum atomic E-state index is 0.685. The molecule has 2 aromatic carbocycles. The Labute approximate surface area is 117 Å². The van der Waals surface area contributed by atoms with Gasteiger partial charge in [0.25, 0.3) is 0 Å². The molecule has 2 nitrogen and oxygen atoms in total. The largest absolute Gasteiger partial charge is 0.321 e. The van der Waals surface area contributed by atoms with Crippen LogP contribution in [-0.4, -0.2) is 6.26 Å². The van der Waals surface area contributed by atoms with Crippen LogP contribution in [-0.2, 0) is 6.54 Å². The number of hydrogen-bond acceptors (Lipinski definition) is 3. The topological polar surface area (TPSA) is 24.1 Å². The number of nitrogens with one attached hydrogen (secondary N) is 2. The number of hydrogen-bond donors (Lipinski definition) is 2. The number of benzene rings is 2. The molecule has 0 heterocycles. The van der Waals surface area contributed by atoms with E-state index in [0.717, 1.165) is 16.3 Å². The third-order valence-corrected chi connectivity index (χ3v) is 3.74. The molecule has 0 aromatic heterocycles. The fraction of sp³-hybridized carbons (Fsp3) is 0.143. The molecule has 0 saturated heterocycles. The van der Waals surface area contributed by atoms with Gasteiger partial charge in [-0.05, 0) is 36.1 Å². The minimum absolute atomic E-state index is 0.685. The lowest BCUT2D eigenvalue weighted by Gasteiger charge is -2.12. The molecule has 0 aliphatic rings. The van der Waals surface area contributed by atoms with Gasteiger partial charge in [0.05, 0.1) is 0 Å². The molecule has 0 spiro atoms. The van der Waals surface area contributed by atoms with Crippen LogP contribution in [0.2, 0.25) is 5.02 Å². The van der Waals surface area contributed by atoms with Crippen LogP contribution in [0.3, 0.4) is 0 Å². The highest BCUT2D eigenvalue weighted by molar-refractivity contribution is 7.98. The molecule has 2 aromatic rings. The van der Waals surface area contributed by atoms with Crippen molar-refractivity contribution in [3.05, 3.63) is 59.1 Å². The number of hydrazine groups is 1. The van der Waals surface area contributed by atoms with Gasteiger partial charge in [0.15, 0.2) is 0 Å². The molecule has 0 aliphatic heterocycles. The monoisotopic (exact) mass is 278 g/mol. The zero-order chi connectivity index (χ0) is 12.8. The SMILES string of the molecule is CSc1cccc(Cl)c1CNNc1ccccc1. The lowest BCUT2D eigenvalue weighted by atomic mass is 10.2. The molecule has 0 fully saturated rings. The Bertz CT molecular complexity index is 502. The van der Waals surface area contributed by atoms with E-state index in [0.29, 0.717) is 6.54 Å². The second kappa shape index (κ2) is 6.69. The first-order valence-electron chi connectivity index (χ1n) is 5.66. The Morgan fingerprint density at radius 2 is 1.83 bits per heavy atom. The molecule has 2 N–H and O–H groups in total. The molecule has 0 atom stereocenters. The van der Waals surface area contributed by atoms with Gasteiger partial charge in [0, 0.05) is 22.2 Å². The summed E-state index contributed by atoms with van der Waals surface area (Å²) >= 11 is 7.91. The van der Waals surface area contributed by atoms with E-state index in [2.05, 4.69) is 23.2 Å². The van der Waals surface area contributed by atoms with Gasteiger partial charge in [-0.15, -0.1) is 11.8 Å². The summed E-state index contributed by atoms with van der Waals surface area (Å²) in [5.74, 6) is 0. The predicted molar refractivity (Wildman–Crippen MR) is 80.1 cm³/mol. The molecule has 0 bridgehead atoms. The van der Waals surface area contributed by atoms with E-state index in [9.17, 15) is 0 Å². The fourth-order valence-corrected chi connectivity index (χ4v) is 2.60. The third-order valence-electron chi connectivity index (χ3n) is 2.57. The first kappa shape index (κ1) is 13.3. The maximum Gasteiger partial charge on any atom is 0.0487 e. The molecule has 4 heteroatoms. The summed E-state index contributed by atoms with van der Waals surface area (Å²) in [7, 11) is 0. The molecule has 2 rings (SSSR count). The number of rotatable bonds is 5. The standard InChI is InChI=1S/C14H15ClN2S/c1-18-14-9-5-8-13(15)12(14)10-16-17-11-6-3-2-4-7-11/h2-9,16-17H,10H2,1H3. The van der Waals surface area contributed by atoms with E-state index in [1.165, 1.54) is 4.90 Å². The van der Waals surface area contributed by atoms with Gasteiger partial charge in [0.2, 0.25) is 0 Å². The fourth-order valence-electron chi connectivity index (χ4n) is 1.66. The van der Waals surface area contributed by atoms with Crippen molar-refractivity contribution in [3.8, 4) is 0 Å². The van der Waals surface area contributed by atoms with Gasteiger partial charge in [-0.2, -0.15) is 0 Å². The Hall–Kier alpha value is -1.16. The van der Waals surface area contributed by atoms with Crippen molar-refractivity contribution < 1.29 is 0 Å². The summed E-state index contributed by atoms with van der Waals surface area (Å²) < 4.78 is 0. The summed E-state index contributed by atoms with van der Waals surface area (Å²) in [4.78, 5) is 1.20. The number of para-hydroxylation sites is 1. The van der Waals surface area contributed by atoms with Crippen LogP contribution >= 0.6 is 23.4 Å². The normalized spacial score (nSPS) is 10.3. The molecular formula is C14H15ClN2S. The Morgan fingerprint density at radius 1 is 1.06 bits per heavy atom. The highest BCUT2D eigenvalue weighted by Gasteiger charge is 2.05. The summed E-state index contributed by atoms with van der Waals surface area (Å²) in [6.07, 6.45) is 2.06. The van der Waals surface area contributed by atoms with Crippen molar-refractivity contribution in [2.45, 2.75) is 11.4 Å². The van der Waals surface area contributed by atoms with Gasteiger partial charge in [-0.25, -0.2) is 5.43 Å². The average molecular weight is 279 g/mol. The zero-order valence-electron chi connectivity index (χ0n) is 10.1. The second-order valence-electron chi connectivity index (χ2n) is 3.77. The highest BCUT2D eigenvalue weighted by atomic mass is 35.5. The molecule has 94 valence electrons. The minimum Gasteiger partial charge on any atom is -0.321 e. The van der Waals surface area contributed by atoms with Gasteiger partial charge in [0.1, 0.15) is 0 Å². The Morgan fingerprint density at radius 3 is 2.56 bits per heavy atom. The van der Waals surface area contributed by atoms with Gasteiger partial charge < -0.3 is 5.43 Å². The molecule has 0 aliphatic carbocycles. The molecule has 0 radical (unpaired) electrons. The molecule has 0 amide bonds. The smallest absolute Gasteiger partial charge is 0.0487 e. The summed E-state index contributed by atoms with van der Waals surface area (Å²) in [5.41, 5.74) is 8.50. The summed E-state index contributed by atoms with van der Waals surface area (Å²) in [6, 6.07) is 16.0. The quantitative estimate of drug-likeness (QED) is 0.634. The predicted octanol–water partition coefficient (Wildman–Crippen LogP) is 4.18. The third kappa shape index (κ3) is 3.42. The lowest BCUT2D eigenvalue weighted by molar-refractivity contribution is 0.788. The van der Waals surface area contributed by atoms with Crippen molar-refractivity contribution >= 4 is 29.1 Å². The maximum atomic E-state index is 6.21. The van der Waals surface area contributed by atoms with E-state index in [1.807, 2.05) is 42.5 Å². The highest BCUT2D eigenvalue weighted by Crippen LogP contribution is 2.26. The number of anilines is 1. The van der Waals surface area contributed by atoms with Gasteiger partial charge in [-0.1, -0.05) is 35.9 Å². The van der Waals surface area contributed by atoms with Crippen molar-refractivity contribution in [1.29, 1.82) is 0 Å². The Balaban J connectivity index is 1.98. The van der Waals surface area contributed by atoms with Crippen LogP contribution in [0.15, 0.2) is 53.4 Å². The molecular weight excluding hydrogens is 264 g/mol. The van der Waals surface area contributed by atoms with Crippen LogP contribution in [0, 0.1) is 0 Å². The Kier molecular flexibility index (Phi) is 4.93. The van der Waals surface area contributed by atoms with Crippen LogP contribution in [0.5, 0.6) is 0 Å². The van der Waals surface area contributed by atoms with E-state index in [1.54, 1.807) is 11.8 Å². The van der Waals surface area contributed by atoms with Crippen molar-refractivity contribution in [3.63, 3.8) is 0 Å². The van der Waals surface area contributed by atoms with Gasteiger partial charge in [-0.3, -0.25) is 0 Å². The number of halogens is 1. The average Bonchev–Trinajstić information content (AvgIpc) is 2.41. The second-order valence-corrected chi connectivity index (χ2v) is 5.02. The molecule has 0 unspecified atom stereocenters. The van der Waals surface area contributed by atoms with Crippen molar-refractivity contribution in [2.75, 3.05) is 11.7 Å². The van der Waals surface area contributed by atoms with E-state index < -0.39 is 0 Å². The maximum absolute atomic E-state index is 6.21. The van der Waals surface area contributed by atoms with Crippen LogP contribution in [0.4, 0.5) is 5.69 Å².